The maximum absolute atomic E-state index is 13.9. The molecule has 0 spiro atoms. The van der Waals surface area contributed by atoms with E-state index in [1.54, 1.807) is 0 Å². The van der Waals surface area contributed by atoms with E-state index in [4.69, 9.17) is 4.74 Å². The summed E-state index contributed by atoms with van der Waals surface area (Å²) in [4.78, 5) is 28.5. The molecule has 27 heavy (non-hydrogen) atoms. The molecule has 3 aliphatic carbocycles. The molecule has 150 valence electrons. The van der Waals surface area contributed by atoms with Gasteiger partial charge in [-0.1, -0.05) is 12.8 Å². The number of allylic oxidation sites excluding steroid dienone is 2. The molecule has 0 aromatic carbocycles. The number of ketones is 2. The number of carbonyl (C=O) groups is 2. The molecule has 4 rings (SSSR count). The highest BCUT2D eigenvalue weighted by Crippen LogP contribution is 2.40. The number of halogens is 2. The average Bonchev–Trinajstić information content (AvgIpc) is 2.69. The predicted octanol–water partition coefficient (Wildman–Crippen LogP) is 2.31. The average molecular weight is 382 g/mol. The monoisotopic (exact) mass is 382 g/mol. The fraction of sp³-hybridized carbons (Fsp3) is 0.800. The molecule has 1 N–H and O–H groups in total. The van der Waals surface area contributed by atoms with Crippen LogP contribution in [-0.2, 0) is 14.3 Å². The molecule has 7 heteroatoms. The largest absolute Gasteiger partial charge is 0.378 e. The number of ether oxygens (including phenoxy) is 1. The Hall–Kier alpha value is -1.50. The van der Waals surface area contributed by atoms with E-state index in [-0.39, 0.29) is 42.3 Å². The number of Topliss-reactive ketones (excluding diaryl/α,β-unsaturated/α-hetero) is 2. The van der Waals surface area contributed by atoms with Gasteiger partial charge in [0.25, 0.3) is 0 Å². The van der Waals surface area contributed by atoms with Crippen LogP contribution in [-0.4, -0.2) is 61.2 Å². The number of rotatable bonds is 3. The zero-order chi connectivity index (χ0) is 19.0. The van der Waals surface area contributed by atoms with Crippen LogP contribution in [0.5, 0.6) is 0 Å². The molecule has 2 saturated carbocycles. The zero-order valence-corrected chi connectivity index (χ0v) is 15.6. The Kier molecular flexibility index (Phi) is 5.48. The number of carbonyl (C=O) groups excluding carboxylic acids is 2. The lowest BCUT2D eigenvalue weighted by atomic mass is 9.69. The molecule has 0 amide bonds. The number of nitrogens with zero attached hydrogens (tertiary/aromatic N) is 1. The van der Waals surface area contributed by atoms with Crippen molar-refractivity contribution >= 4 is 11.6 Å². The second-order valence-electron chi connectivity index (χ2n) is 8.24. The van der Waals surface area contributed by atoms with Gasteiger partial charge in [-0.2, -0.15) is 0 Å². The maximum Gasteiger partial charge on any atom is 0.184 e. The van der Waals surface area contributed by atoms with Crippen LogP contribution in [0.2, 0.25) is 0 Å². The van der Waals surface area contributed by atoms with Crippen molar-refractivity contribution in [2.24, 2.45) is 11.8 Å². The Labute approximate surface area is 158 Å². The van der Waals surface area contributed by atoms with Crippen molar-refractivity contribution in [2.75, 3.05) is 26.3 Å². The highest BCUT2D eigenvalue weighted by Gasteiger charge is 2.46. The number of hydrogen-bond donors (Lipinski definition) is 1. The van der Waals surface area contributed by atoms with Gasteiger partial charge in [0.15, 0.2) is 11.6 Å². The Morgan fingerprint density at radius 3 is 2.22 bits per heavy atom. The van der Waals surface area contributed by atoms with E-state index in [1.807, 2.05) is 4.90 Å². The van der Waals surface area contributed by atoms with Gasteiger partial charge >= 0.3 is 0 Å². The third-order valence-corrected chi connectivity index (χ3v) is 6.52. The summed E-state index contributed by atoms with van der Waals surface area (Å²) in [6.07, 6.45) is 1.14. The zero-order valence-electron chi connectivity index (χ0n) is 15.6. The quantitative estimate of drug-likeness (QED) is 0.812. The van der Waals surface area contributed by atoms with Crippen molar-refractivity contribution in [1.82, 2.24) is 10.2 Å². The lowest BCUT2D eigenvalue weighted by molar-refractivity contribution is -0.134. The van der Waals surface area contributed by atoms with E-state index in [0.29, 0.717) is 44.1 Å². The summed E-state index contributed by atoms with van der Waals surface area (Å²) in [6.45, 7) is 2.18. The van der Waals surface area contributed by atoms with E-state index in [1.165, 1.54) is 0 Å². The molecule has 0 aromatic heterocycles. The Balaban J connectivity index is 1.65. The fourth-order valence-electron chi connectivity index (χ4n) is 5.01. The van der Waals surface area contributed by atoms with Gasteiger partial charge in [-0.05, 0) is 25.7 Å². The summed E-state index contributed by atoms with van der Waals surface area (Å²) in [6, 6.07) is -0.310. The highest BCUT2D eigenvalue weighted by molar-refractivity contribution is 6.13. The minimum atomic E-state index is -1.51. The van der Waals surface area contributed by atoms with Crippen LogP contribution in [0.15, 0.2) is 11.4 Å². The molecular formula is C20H28F2N2O3. The molecule has 3 fully saturated rings. The van der Waals surface area contributed by atoms with Gasteiger partial charge < -0.3 is 15.0 Å². The first-order valence-corrected chi connectivity index (χ1v) is 10.3. The lowest BCUT2D eigenvalue weighted by Gasteiger charge is -2.41. The van der Waals surface area contributed by atoms with Crippen molar-refractivity contribution in [2.45, 2.75) is 63.3 Å². The minimum absolute atomic E-state index is 0.0152. The van der Waals surface area contributed by atoms with Crippen molar-refractivity contribution < 1.29 is 23.1 Å². The topological polar surface area (TPSA) is 58.6 Å². The molecule has 0 radical (unpaired) electrons. The number of alkyl halides is 2. The summed E-state index contributed by atoms with van der Waals surface area (Å²) < 4.78 is 32.8. The molecular weight excluding hydrogens is 354 g/mol. The first kappa shape index (κ1) is 18.8. The van der Waals surface area contributed by atoms with Gasteiger partial charge in [0.2, 0.25) is 0 Å². The van der Waals surface area contributed by atoms with Gasteiger partial charge in [-0.25, -0.2) is 8.78 Å². The first-order valence-electron chi connectivity index (χ1n) is 10.3. The number of morpholine rings is 1. The van der Waals surface area contributed by atoms with Crippen LogP contribution in [0.1, 0.15) is 44.9 Å². The second kappa shape index (κ2) is 7.86. The van der Waals surface area contributed by atoms with Crippen molar-refractivity contribution in [3.05, 3.63) is 11.4 Å². The second-order valence-corrected chi connectivity index (χ2v) is 8.24. The van der Waals surface area contributed by atoms with Gasteiger partial charge in [-0.15, -0.1) is 0 Å². The van der Waals surface area contributed by atoms with Crippen molar-refractivity contribution in [3.63, 3.8) is 0 Å². The van der Waals surface area contributed by atoms with Crippen LogP contribution in [0.3, 0.4) is 0 Å². The molecule has 1 saturated heterocycles. The third kappa shape index (κ3) is 3.62. The minimum Gasteiger partial charge on any atom is -0.378 e. The van der Waals surface area contributed by atoms with Crippen LogP contribution >= 0.6 is 0 Å². The van der Waals surface area contributed by atoms with Gasteiger partial charge in [0.1, 0.15) is 23.7 Å². The number of hydrogen-bond acceptors (Lipinski definition) is 5. The Morgan fingerprint density at radius 2 is 1.56 bits per heavy atom. The Morgan fingerprint density at radius 1 is 0.889 bits per heavy atom. The van der Waals surface area contributed by atoms with Crippen LogP contribution in [0.4, 0.5) is 8.78 Å². The summed E-state index contributed by atoms with van der Waals surface area (Å²) in [5.41, 5.74) is 0.809. The van der Waals surface area contributed by atoms with Gasteiger partial charge in [0.05, 0.1) is 13.2 Å². The SMILES string of the molecule is O=C1C(NC2CCC(F)C(F)C2)=C(N2CCOCC2)C(=O)C2CCCCC12. The van der Waals surface area contributed by atoms with Crippen molar-refractivity contribution in [3.8, 4) is 0 Å². The number of nitrogens with one attached hydrogen (secondary N) is 1. The molecule has 5 unspecified atom stereocenters. The lowest BCUT2D eigenvalue weighted by Crippen LogP contribution is -2.51. The molecule has 5 nitrogen and oxygen atoms in total. The van der Waals surface area contributed by atoms with Crippen LogP contribution in [0, 0.1) is 11.8 Å². The normalized spacial score (nSPS) is 38.0. The molecule has 0 bridgehead atoms. The van der Waals surface area contributed by atoms with Gasteiger partial charge in [-0.3, -0.25) is 9.59 Å². The molecule has 0 aromatic rings. The maximum atomic E-state index is 13.9. The summed E-state index contributed by atoms with van der Waals surface area (Å²) in [7, 11) is 0. The molecule has 1 heterocycles. The van der Waals surface area contributed by atoms with Crippen LogP contribution < -0.4 is 5.32 Å². The highest BCUT2D eigenvalue weighted by atomic mass is 19.2. The molecule has 4 aliphatic rings. The molecule has 1 aliphatic heterocycles. The smallest absolute Gasteiger partial charge is 0.184 e. The van der Waals surface area contributed by atoms with E-state index in [9.17, 15) is 18.4 Å². The summed E-state index contributed by atoms with van der Waals surface area (Å²) >= 11 is 0. The number of fused-ring (bicyclic) bond motifs is 1. The van der Waals surface area contributed by atoms with Gasteiger partial charge in [0, 0.05) is 37.4 Å². The Bertz CT molecular complexity index is 633. The fourth-order valence-corrected chi connectivity index (χ4v) is 5.01. The van der Waals surface area contributed by atoms with E-state index >= 15 is 0 Å². The van der Waals surface area contributed by atoms with E-state index < -0.39 is 12.3 Å². The summed E-state index contributed by atoms with van der Waals surface area (Å²) in [5.74, 6) is -0.472. The van der Waals surface area contributed by atoms with Crippen molar-refractivity contribution in [1.29, 1.82) is 0 Å². The van der Waals surface area contributed by atoms with Crippen LogP contribution in [0.25, 0.3) is 0 Å². The van der Waals surface area contributed by atoms with E-state index in [2.05, 4.69) is 5.32 Å². The summed E-state index contributed by atoms with van der Waals surface area (Å²) in [5, 5.41) is 3.19. The first-order chi connectivity index (χ1) is 13.1. The third-order valence-electron chi connectivity index (χ3n) is 6.52. The molecule has 5 atom stereocenters. The standard InChI is InChI=1S/C20H28F2N2O3/c21-15-6-5-12(11-16(15)22)23-17-18(24-7-9-27-10-8-24)20(26)14-4-2-1-3-13(14)19(17)25/h12-16,23H,1-11H2. The predicted molar refractivity (Wildman–Crippen MR) is 95.4 cm³/mol. The van der Waals surface area contributed by atoms with E-state index in [0.717, 1.165) is 25.7 Å².